The fraction of sp³-hybridized carbons (Fsp3) is 0.444. The van der Waals surface area contributed by atoms with Gasteiger partial charge in [0.2, 0.25) is 5.91 Å². The van der Waals surface area contributed by atoms with Gasteiger partial charge in [0, 0.05) is 32.0 Å². The number of aromatic amines is 1. The number of hydrogen-bond acceptors (Lipinski definition) is 5. The molecule has 2 N–H and O–H groups in total. The second-order valence-corrected chi connectivity index (χ2v) is 6.23. The average Bonchev–Trinajstić information content (AvgIpc) is 3.09. The smallest absolute Gasteiger partial charge is 0.409 e. The molecule has 2 amide bonds. The first-order chi connectivity index (χ1) is 12.6. The number of aromatic nitrogens is 2. The Hall–Kier alpha value is -2.90. The summed E-state index contributed by atoms with van der Waals surface area (Å²) in [6.07, 6.45) is 0.926. The molecule has 1 aromatic carbocycles. The first-order valence-electron chi connectivity index (χ1n) is 8.76. The number of para-hydroxylation sites is 1. The summed E-state index contributed by atoms with van der Waals surface area (Å²) >= 11 is 0. The molecule has 0 saturated carbocycles. The van der Waals surface area contributed by atoms with Crippen LogP contribution in [0.4, 0.5) is 4.79 Å². The zero-order valence-corrected chi connectivity index (χ0v) is 14.7. The Bertz CT molecular complexity index is 864. The van der Waals surface area contributed by atoms with Crippen molar-refractivity contribution in [3.8, 4) is 0 Å². The Morgan fingerprint density at radius 3 is 3.00 bits per heavy atom. The van der Waals surface area contributed by atoms with Gasteiger partial charge >= 0.3 is 6.09 Å². The summed E-state index contributed by atoms with van der Waals surface area (Å²) in [4.78, 5) is 44.6. The number of nitrogens with zero attached hydrogens (tertiary/aromatic N) is 2. The average molecular weight is 358 g/mol. The first kappa shape index (κ1) is 17.9. The number of rotatable bonds is 5. The van der Waals surface area contributed by atoms with Crippen LogP contribution in [0.1, 0.15) is 25.6 Å². The molecular formula is C18H22N4O4. The van der Waals surface area contributed by atoms with Crippen LogP contribution in [-0.4, -0.2) is 52.6 Å². The van der Waals surface area contributed by atoms with Crippen LogP contribution < -0.4 is 10.9 Å². The highest BCUT2D eigenvalue weighted by molar-refractivity contribution is 5.78. The third kappa shape index (κ3) is 4.19. The number of amides is 2. The summed E-state index contributed by atoms with van der Waals surface area (Å²) in [5.74, 6) is 0.361. The van der Waals surface area contributed by atoms with Crippen LogP contribution in [0.2, 0.25) is 0 Å². The number of carbonyl (C=O) groups is 2. The molecule has 0 aliphatic carbocycles. The molecule has 1 unspecified atom stereocenters. The molecule has 0 radical (unpaired) electrons. The van der Waals surface area contributed by atoms with Gasteiger partial charge in [-0.2, -0.15) is 0 Å². The molecule has 8 nitrogen and oxygen atoms in total. The molecule has 1 saturated heterocycles. The van der Waals surface area contributed by atoms with Crippen LogP contribution >= 0.6 is 0 Å². The van der Waals surface area contributed by atoms with Crippen molar-refractivity contribution >= 4 is 22.9 Å². The van der Waals surface area contributed by atoms with E-state index in [0.717, 1.165) is 0 Å². The van der Waals surface area contributed by atoms with Gasteiger partial charge in [0.1, 0.15) is 5.82 Å². The highest BCUT2D eigenvalue weighted by atomic mass is 16.6. The van der Waals surface area contributed by atoms with E-state index in [9.17, 15) is 14.4 Å². The van der Waals surface area contributed by atoms with Crippen LogP contribution in [0.3, 0.4) is 0 Å². The van der Waals surface area contributed by atoms with E-state index in [1.165, 1.54) is 0 Å². The lowest BCUT2D eigenvalue weighted by molar-refractivity contribution is -0.121. The number of aryl methyl sites for hydroxylation is 1. The summed E-state index contributed by atoms with van der Waals surface area (Å²) in [5, 5.41) is 3.45. The van der Waals surface area contributed by atoms with Gasteiger partial charge < -0.3 is 19.9 Å². The normalized spacial score (nSPS) is 16.7. The predicted octanol–water partition coefficient (Wildman–Crippen LogP) is 1.20. The summed E-state index contributed by atoms with van der Waals surface area (Å²) in [5.41, 5.74) is 0.416. The van der Waals surface area contributed by atoms with Gasteiger partial charge in [-0.05, 0) is 25.5 Å². The predicted molar refractivity (Wildman–Crippen MR) is 95.8 cm³/mol. The van der Waals surface area contributed by atoms with Gasteiger partial charge in [0.15, 0.2) is 0 Å². The monoisotopic (exact) mass is 358 g/mol. The molecule has 3 rings (SSSR count). The number of fused-ring (bicyclic) bond motifs is 1. The minimum atomic E-state index is -0.345. The topological polar surface area (TPSA) is 104 Å². The molecule has 8 heteroatoms. The van der Waals surface area contributed by atoms with Crippen molar-refractivity contribution in [1.29, 1.82) is 0 Å². The molecule has 26 heavy (non-hydrogen) atoms. The van der Waals surface area contributed by atoms with Crippen molar-refractivity contribution in [1.82, 2.24) is 20.2 Å². The molecule has 2 heterocycles. The highest BCUT2D eigenvalue weighted by Crippen LogP contribution is 2.11. The fourth-order valence-electron chi connectivity index (χ4n) is 3.04. The Labute approximate surface area is 150 Å². The molecule has 2 aromatic rings. The van der Waals surface area contributed by atoms with Gasteiger partial charge in [-0.25, -0.2) is 9.78 Å². The molecular weight excluding hydrogens is 336 g/mol. The Morgan fingerprint density at radius 1 is 1.38 bits per heavy atom. The third-order valence-corrected chi connectivity index (χ3v) is 4.33. The lowest BCUT2D eigenvalue weighted by Crippen LogP contribution is -2.38. The molecule has 138 valence electrons. The van der Waals surface area contributed by atoms with Gasteiger partial charge in [-0.3, -0.25) is 9.59 Å². The first-order valence-corrected chi connectivity index (χ1v) is 8.76. The number of likely N-dealkylation sites (tertiary alicyclic amines) is 1. The zero-order valence-electron chi connectivity index (χ0n) is 14.7. The van der Waals surface area contributed by atoms with Crippen LogP contribution in [0.5, 0.6) is 0 Å². The van der Waals surface area contributed by atoms with E-state index in [1.54, 1.807) is 30.0 Å². The minimum Gasteiger partial charge on any atom is -0.450 e. The molecule has 1 atom stereocenters. The number of nitrogens with one attached hydrogen (secondary N) is 2. The maximum atomic E-state index is 12.2. The lowest BCUT2D eigenvalue weighted by atomic mass is 10.2. The molecule has 0 bridgehead atoms. The maximum absolute atomic E-state index is 12.2. The molecule has 1 aliphatic rings. The van der Waals surface area contributed by atoms with Crippen LogP contribution in [0.25, 0.3) is 10.9 Å². The van der Waals surface area contributed by atoms with E-state index in [0.29, 0.717) is 49.3 Å². The molecule has 1 fully saturated rings. The number of carbonyl (C=O) groups excluding carboxylic acids is 2. The largest absolute Gasteiger partial charge is 0.450 e. The summed E-state index contributed by atoms with van der Waals surface area (Å²) < 4.78 is 4.96. The van der Waals surface area contributed by atoms with Crippen molar-refractivity contribution in [2.75, 3.05) is 19.7 Å². The van der Waals surface area contributed by atoms with E-state index in [-0.39, 0.29) is 30.0 Å². The fourth-order valence-corrected chi connectivity index (χ4v) is 3.04. The van der Waals surface area contributed by atoms with Crippen LogP contribution in [-0.2, 0) is 16.0 Å². The SMILES string of the molecule is CCOC(=O)N1CCC(NC(=O)CCc2nc3ccccc3c(=O)[nH]2)C1. The summed E-state index contributed by atoms with van der Waals surface area (Å²) in [6, 6.07) is 7.02. The second-order valence-electron chi connectivity index (χ2n) is 6.23. The Balaban J connectivity index is 1.52. The number of benzene rings is 1. The second kappa shape index (κ2) is 7.99. The van der Waals surface area contributed by atoms with Crippen molar-refractivity contribution in [3.63, 3.8) is 0 Å². The number of H-pyrrole nitrogens is 1. The highest BCUT2D eigenvalue weighted by Gasteiger charge is 2.27. The van der Waals surface area contributed by atoms with Crippen LogP contribution in [0, 0.1) is 0 Å². The lowest BCUT2D eigenvalue weighted by Gasteiger charge is -2.16. The van der Waals surface area contributed by atoms with E-state index >= 15 is 0 Å². The van der Waals surface area contributed by atoms with E-state index < -0.39 is 0 Å². The van der Waals surface area contributed by atoms with Crippen molar-refractivity contribution < 1.29 is 14.3 Å². The van der Waals surface area contributed by atoms with E-state index in [4.69, 9.17) is 4.74 Å². The Kier molecular flexibility index (Phi) is 5.50. The van der Waals surface area contributed by atoms with Gasteiger partial charge in [0.25, 0.3) is 5.56 Å². The van der Waals surface area contributed by atoms with Crippen molar-refractivity contribution in [2.24, 2.45) is 0 Å². The van der Waals surface area contributed by atoms with E-state index in [1.807, 2.05) is 6.07 Å². The molecule has 1 aromatic heterocycles. The quantitative estimate of drug-likeness (QED) is 0.836. The van der Waals surface area contributed by atoms with Crippen LogP contribution in [0.15, 0.2) is 29.1 Å². The summed E-state index contributed by atoms with van der Waals surface area (Å²) in [6.45, 7) is 3.13. The van der Waals surface area contributed by atoms with Crippen molar-refractivity contribution in [3.05, 3.63) is 40.4 Å². The van der Waals surface area contributed by atoms with Crippen molar-refractivity contribution in [2.45, 2.75) is 32.2 Å². The van der Waals surface area contributed by atoms with Gasteiger partial charge in [-0.1, -0.05) is 12.1 Å². The number of hydrogen-bond donors (Lipinski definition) is 2. The third-order valence-electron chi connectivity index (χ3n) is 4.33. The van der Waals surface area contributed by atoms with E-state index in [2.05, 4.69) is 15.3 Å². The number of ether oxygens (including phenoxy) is 1. The maximum Gasteiger partial charge on any atom is 0.409 e. The molecule has 1 aliphatic heterocycles. The van der Waals surface area contributed by atoms with Gasteiger partial charge in [-0.15, -0.1) is 0 Å². The molecule has 0 spiro atoms. The summed E-state index contributed by atoms with van der Waals surface area (Å²) in [7, 11) is 0. The Morgan fingerprint density at radius 2 is 2.19 bits per heavy atom. The zero-order chi connectivity index (χ0) is 18.5. The standard InChI is InChI=1S/C18H22N4O4/c1-2-26-18(25)22-10-9-12(11-22)19-16(23)8-7-15-20-14-6-4-3-5-13(14)17(24)21-15/h3-6,12H,2,7-11H2,1H3,(H,19,23)(H,20,21,24). The van der Waals surface area contributed by atoms with Gasteiger partial charge in [0.05, 0.1) is 17.5 Å². The minimum absolute atomic E-state index is 0.0736.